The third-order valence-corrected chi connectivity index (χ3v) is 6.01. The third kappa shape index (κ3) is 3.95. The van der Waals surface area contributed by atoms with Crippen LogP contribution in [0.15, 0.2) is 79.4 Å². The molecule has 8 heteroatoms. The molecular formula is C26H23N7O. The summed E-state index contributed by atoms with van der Waals surface area (Å²) < 4.78 is 5.46. The van der Waals surface area contributed by atoms with Gasteiger partial charge in [-0.3, -0.25) is 10.1 Å². The number of pyridine rings is 1. The van der Waals surface area contributed by atoms with E-state index in [0.29, 0.717) is 0 Å². The Kier molecular flexibility index (Phi) is 5.33. The van der Waals surface area contributed by atoms with Crippen molar-refractivity contribution in [1.29, 1.82) is 0 Å². The monoisotopic (exact) mass is 449 g/mol. The van der Waals surface area contributed by atoms with Gasteiger partial charge in [0, 0.05) is 41.6 Å². The maximum Gasteiger partial charge on any atom is 0.141 e. The highest BCUT2D eigenvalue weighted by Gasteiger charge is 2.14. The average Bonchev–Trinajstić information content (AvgIpc) is 3.40. The minimum atomic E-state index is 0.758. The van der Waals surface area contributed by atoms with Gasteiger partial charge in [0.05, 0.1) is 36.3 Å². The van der Waals surface area contributed by atoms with E-state index in [-0.39, 0.29) is 0 Å². The lowest BCUT2D eigenvalue weighted by atomic mass is 10.0. The Morgan fingerprint density at radius 2 is 1.79 bits per heavy atom. The first-order chi connectivity index (χ1) is 16.8. The van der Waals surface area contributed by atoms with Gasteiger partial charge in [-0.25, -0.2) is 9.97 Å². The number of H-pyrrole nitrogens is 1. The van der Waals surface area contributed by atoms with Crippen LogP contribution in [-0.2, 0) is 4.74 Å². The zero-order valence-corrected chi connectivity index (χ0v) is 18.5. The maximum absolute atomic E-state index is 5.46. The summed E-state index contributed by atoms with van der Waals surface area (Å²) in [6.45, 7) is 3.38. The van der Waals surface area contributed by atoms with Crippen molar-refractivity contribution in [1.82, 2.24) is 25.1 Å². The van der Waals surface area contributed by atoms with Crippen LogP contribution in [-0.4, -0.2) is 51.5 Å². The van der Waals surface area contributed by atoms with Gasteiger partial charge in [0.1, 0.15) is 12.1 Å². The van der Waals surface area contributed by atoms with Gasteiger partial charge in [0.2, 0.25) is 0 Å². The van der Waals surface area contributed by atoms with E-state index in [1.54, 1.807) is 12.5 Å². The van der Waals surface area contributed by atoms with Crippen LogP contribution in [0.25, 0.3) is 33.4 Å². The summed E-state index contributed by atoms with van der Waals surface area (Å²) in [5.74, 6) is 0.758. The van der Waals surface area contributed by atoms with E-state index in [0.717, 1.165) is 71.2 Å². The van der Waals surface area contributed by atoms with Gasteiger partial charge < -0.3 is 15.0 Å². The van der Waals surface area contributed by atoms with Gasteiger partial charge in [-0.1, -0.05) is 12.1 Å². The number of nitrogens with zero attached hydrogens (tertiary/aromatic N) is 5. The lowest BCUT2D eigenvalue weighted by Crippen LogP contribution is -2.36. The fourth-order valence-corrected chi connectivity index (χ4v) is 4.25. The summed E-state index contributed by atoms with van der Waals surface area (Å²) in [4.78, 5) is 15.8. The standard InChI is InChI=1S/C26H23N7O/c1-2-10-27-24(3-1)25-22(16-30-32-25)18-4-9-23-21(15-18)26(29-17-28-23)31-19-5-7-20(8-6-19)33-11-13-34-14-12-33/h1-10,15-17H,11-14H2,(H,30,32)(H,28,29,31). The number of benzene rings is 2. The van der Waals surface area contributed by atoms with Crippen molar-refractivity contribution in [2.45, 2.75) is 0 Å². The molecule has 0 amide bonds. The van der Waals surface area contributed by atoms with E-state index in [4.69, 9.17) is 4.74 Å². The van der Waals surface area contributed by atoms with Crippen molar-refractivity contribution in [3.8, 4) is 22.5 Å². The van der Waals surface area contributed by atoms with Gasteiger partial charge in [-0.05, 0) is 54.1 Å². The van der Waals surface area contributed by atoms with E-state index >= 15 is 0 Å². The summed E-state index contributed by atoms with van der Waals surface area (Å²) in [7, 11) is 0. The molecule has 1 fully saturated rings. The predicted octanol–water partition coefficient (Wildman–Crippen LogP) is 4.66. The second kappa shape index (κ2) is 8.92. The molecular weight excluding hydrogens is 426 g/mol. The second-order valence-electron chi connectivity index (χ2n) is 8.10. The van der Waals surface area contributed by atoms with Gasteiger partial charge in [-0.15, -0.1) is 0 Å². The number of rotatable bonds is 5. The van der Waals surface area contributed by atoms with Crippen LogP contribution in [0.2, 0.25) is 0 Å². The van der Waals surface area contributed by atoms with Crippen LogP contribution in [0.5, 0.6) is 0 Å². The summed E-state index contributed by atoms with van der Waals surface area (Å²) in [5, 5.41) is 11.8. The Hall–Kier alpha value is -4.30. The zero-order chi connectivity index (χ0) is 22.7. The zero-order valence-electron chi connectivity index (χ0n) is 18.5. The molecule has 1 saturated heterocycles. The summed E-state index contributed by atoms with van der Waals surface area (Å²) in [5.41, 5.74) is 6.76. The highest BCUT2D eigenvalue weighted by atomic mass is 16.5. The molecule has 6 rings (SSSR count). The highest BCUT2D eigenvalue weighted by molar-refractivity contribution is 5.95. The molecule has 0 aliphatic carbocycles. The van der Waals surface area contributed by atoms with Gasteiger partial charge in [0.15, 0.2) is 0 Å². The van der Waals surface area contributed by atoms with Crippen LogP contribution in [0, 0.1) is 0 Å². The summed E-state index contributed by atoms with van der Waals surface area (Å²) >= 11 is 0. The molecule has 8 nitrogen and oxygen atoms in total. The molecule has 2 N–H and O–H groups in total. The lowest BCUT2D eigenvalue weighted by Gasteiger charge is -2.28. The minimum absolute atomic E-state index is 0.758. The van der Waals surface area contributed by atoms with Gasteiger partial charge in [0.25, 0.3) is 0 Å². The van der Waals surface area contributed by atoms with Crippen molar-refractivity contribution in [3.05, 3.63) is 79.4 Å². The van der Waals surface area contributed by atoms with E-state index in [1.807, 2.05) is 36.5 Å². The van der Waals surface area contributed by atoms with Crippen molar-refractivity contribution < 1.29 is 4.74 Å². The van der Waals surface area contributed by atoms with Crippen molar-refractivity contribution in [2.75, 3.05) is 36.5 Å². The van der Waals surface area contributed by atoms with Crippen LogP contribution in [0.4, 0.5) is 17.2 Å². The fraction of sp³-hybridized carbons (Fsp3) is 0.154. The number of aromatic amines is 1. The predicted molar refractivity (Wildman–Crippen MR) is 133 cm³/mol. The summed E-state index contributed by atoms with van der Waals surface area (Å²) in [6.07, 6.45) is 5.19. The molecule has 168 valence electrons. The van der Waals surface area contributed by atoms with Gasteiger partial charge in [-0.2, -0.15) is 5.10 Å². The number of hydrogen-bond acceptors (Lipinski definition) is 7. The number of anilines is 3. The second-order valence-corrected chi connectivity index (χ2v) is 8.10. The molecule has 0 saturated carbocycles. The Morgan fingerprint density at radius 3 is 2.62 bits per heavy atom. The van der Waals surface area contributed by atoms with Crippen molar-refractivity contribution in [3.63, 3.8) is 0 Å². The number of fused-ring (bicyclic) bond motifs is 1. The molecule has 0 spiro atoms. The van der Waals surface area contributed by atoms with Crippen LogP contribution < -0.4 is 10.2 Å². The average molecular weight is 450 g/mol. The number of morpholine rings is 1. The van der Waals surface area contributed by atoms with Gasteiger partial charge >= 0.3 is 0 Å². The first kappa shape index (κ1) is 20.3. The third-order valence-electron chi connectivity index (χ3n) is 6.01. The van der Waals surface area contributed by atoms with Crippen molar-refractivity contribution >= 4 is 28.1 Å². The van der Waals surface area contributed by atoms with Crippen LogP contribution in [0.3, 0.4) is 0 Å². The Balaban J connectivity index is 1.32. The first-order valence-electron chi connectivity index (χ1n) is 11.2. The van der Waals surface area contributed by atoms with Crippen molar-refractivity contribution in [2.24, 2.45) is 0 Å². The topological polar surface area (TPSA) is 91.8 Å². The molecule has 34 heavy (non-hydrogen) atoms. The molecule has 3 aromatic heterocycles. The molecule has 0 radical (unpaired) electrons. The Labute approximate surface area is 196 Å². The van der Waals surface area contributed by atoms with E-state index in [2.05, 4.69) is 65.7 Å². The minimum Gasteiger partial charge on any atom is -0.378 e. The molecule has 5 aromatic rings. The molecule has 0 atom stereocenters. The maximum atomic E-state index is 5.46. The fourth-order valence-electron chi connectivity index (χ4n) is 4.25. The highest BCUT2D eigenvalue weighted by Crippen LogP contribution is 2.33. The number of nitrogens with one attached hydrogen (secondary N) is 2. The quantitative estimate of drug-likeness (QED) is 0.403. The molecule has 1 aliphatic rings. The number of aromatic nitrogens is 5. The van der Waals surface area contributed by atoms with Crippen LogP contribution in [0.1, 0.15) is 0 Å². The molecule has 2 aromatic carbocycles. The first-order valence-corrected chi connectivity index (χ1v) is 11.2. The molecule has 4 heterocycles. The normalized spacial score (nSPS) is 13.8. The molecule has 0 bridgehead atoms. The number of ether oxygens (including phenoxy) is 1. The smallest absolute Gasteiger partial charge is 0.141 e. The molecule has 0 unspecified atom stereocenters. The number of hydrogen-bond donors (Lipinski definition) is 2. The van der Waals surface area contributed by atoms with E-state index in [9.17, 15) is 0 Å². The SMILES string of the molecule is c1ccc(-c2[nH]ncc2-c2ccc3ncnc(Nc4ccc(N5CCOCC5)cc4)c3c2)nc1. The lowest BCUT2D eigenvalue weighted by molar-refractivity contribution is 0.122. The Bertz CT molecular complexity index is 1410. The largest absolute Gasteiger partial charge is 0.378 e. The van der Waals surface area contributed by atoms with E-state index in [1.165, 1.54) is 5.69 Å². The van der Waals surface area contributed by atoms with E-state index < -0.39 is 0 Å². The Morgan fingerprint density at radius 1 is 0.912 bits per heavy atom. The van der Waals surface area contributed by atoms with Crippen LogP contribution >= 0.6 is 0 Å². The molecule has 1 aliphatic heterocycles. The summed E-state index contributed by atoms with van der Waals surface area (Å²) in [6, 6.07) is 20.4.